The molecule has 9 heteroatoms. The van der Waals surface area contributed by atoms with Crippen LogP contribution in [0, 0.1) is 11.3 Å². The normalized spacial score (nSPS) is 15.7. The molecule has 0 radical (unpaired) electrons. The summed E-state index contributed by atoms with van der Waals surface area (Å²) in [4.78, 5) is 26.3. The number of fused-ring (bicyclic) bond motifs is 1. The van der Waals surface area contributed by atoms with Crippen molar-refractivity contribution in [3.63, 3.8) is 0 Å². The van der Waals surface area contributed by atoms with Gasteiger partial charge in [-0.25, -0.2) is 0 Å². The van der Waals surface area contributed by atoms with Crippen LogP contribution in [0.3, 0.4) is 0 Å². The third-order valence-electron chi connectivity index (χ3n) is 4.17. The molecule has 1 aliphatic rings. The van der Waals surface area contributed by atoms with Crippen molar-refractivity contribution in [2.45, 2.75) is 18.9 Å². The zero-order valence-corrected chi connectivity index (χ0v) is 14.4. The number of hydrogen-bond donors (Lipinski definition) is 1. The average Bonchev–Trinajstić information content (AvgIpc) is 2.93. The lowest BCUT2D eigenvalue weighted by Gasteiger charge is -2.22. The summed E-state index contributed by atoms with van der Waals surface area (Å²) in [5.74, 6) is -1.24. The molecule has 2 aromatic carbocycles. The van der Waals surface area contributed by atoms with Crippen LogP contribution in [-0.2, 0) is 11.3 Å². The van der Waals surface area contributed by atoms with Crippen molar-refractivity contribution in [2.24, 2.45) is 0 Å². The van der Waals surface area contributed by atoms with Gasteiger partial charge in [0.1, 0.15) is 18.3 Å². The molecule has 2 aromatic rings. The van der Waals surface area contributed by atoms with E-state index in [0.29, 0.717) is 16.7 Å². The van der Waals surface area contributed by atoms with Gasteiger partial charge in [0.05, 0.1) is 6.07 Å². The van der Waals surface area contributed by atoms with E-state index in [1.165, 1.54) is 17.0 Å². The average molecular weight is 389 g/mol. The fourth-order valence-corrected chi connectivity index (χ4v) is 2.99. The van der Waals surface area contributed by atoms with Gasteiger partial charge in [-0.1, -0.05) is 30.3 Å². The fraction of sp³-hybridized carbons (Fsp3) is 0.211. The highest BCUT2D eigenvalue weighted by Crippen LogP contribution is 2.33. The second-order valence-electron chi connectivity index (χ2n) is 5.99. The van der Waals surface area contributed by atoms with E-state index in [0.717, 1.165) is 12.1 Å². The number of carbonyl (C=O) groups is 2. The van der Waals surface area contributed by atoms with Crippen molar-refractivity contribution in [2.75, 3.05) is 6.54 Å². The second-order valence-corrected chi connectivity index (χ2v) is 5.99. The Labute approximate surface area is 158 Å². The highest BCUT2D eigenvalue weighted by molar-refractivity contribution is 6.04. The molecule has 1 aliphatic heterocycles. The molecule has 0 saturated heterocycles. The molecule has 0 spiro atoms. The molecule has 1 N–H and O–H groups in total. The minimum absolute atomic E-state index is 0.0401. The van der Waals surface area contributed by atoms with Crippen molar-refractivity contribution >= 4 is 11.8 Å². The maximum absolute atomic E-state index is 12.7. The number of nitriles is 1. The predicted octanol–water partition coefficient (Wildman–Crippen LogP) is 2.92. The Morgan fingerprint density at radius 2 is 1.86 bits per heavy atom. The van der Waals surface area contributed by atoms with Crippen LogP contribution in [0.15, 0.2) is 48.5 Å². The van der Waals surface area contributed by atoms with E-state index < -0.39 is 24.2 Å². The molecular formula is C19H14F3N3O3. The molecular weight excluding hydrogens is 375 g/mol. The maximum atomic E-state index is 12.7. The molecule has 0 fully saturated rings. The number of carbonyl (C=O) groups excluding carboxylic acids is 2. The highest BCUT2D eigenvalue weighted by atomic mass is 19.4. The van der Waals surface area contributed by atoms with Crippen LogP contribution in [0.1, 0.15) is 27.5 Å². The van der Waals surface area contributed by atoms with Crippen LogP contribution in [0.4, 0.5) is 13.2 Å². The monoisotopic (exact) mass is 389 g/mol. The van der Waals surface area contributed by atoms with Gasteiger partial charge in [0.25, 0.3) is 5.91 Å². The van der Waals surface area contributed by atoms with E-state index in [-0.39, 0.29) is 18.8 Å². The summed E-state index contributed by atoms with van der Waals surface area (Å²) in [5.41, 5.74) is 1.42. The van der Waals surface area contributed by atoms with E-state index in [9.17, 15) is 22.8 Å². The standard InChI is InChI=1S/C19H14F3N3O3/c20-19(21,22)28-13-7-5-12(6-8-13)11-24-17(26)16-14-3-1-2-4-15(14)18(27)25(16)10-9-23/h1-8,16H,10-11H2,(H,24,26). The fourth-order valence-electron chi connectivity index (χ4n) is 2.99. The van der Waals surface area contributed by atoms with Gasteiger partial charge in [-0.15, -0.1) is 13.2 Å². The summed E-state index contributed by atoms with van der Waals surface area (Å²) in [7, 11) is 0. The number of alkyl halides is 3. The van der Waals surface area contributed by atoms with Gasteiger partial charge in [0.2, 0.25) is 5.91 Å². The van der Waals surface area contributed by atoms with Crippen molar-refractivity contribution < 1.29 is 27.5 Å². The zero-order chi connectivity index (χ0) is 20.3. The SMILES string of the molecule is N#CCN1C(=O)c2ccccc2C1C(=O)NCc1ccc(OC(F)(F)F)cc1. The van der Waals surface area contributed by atoms with E-state index in [4.69, 9.17) is 5.26 Å². The first-order valence-corrected chi connectivity index (χ1v) is 8.19. The van der Waals surface area contributed by atoms with Gasteiger partial charge in [0.15, 0.2) is 0 Å². The zero-order valence-electron chi connectivity index (χ0n) is 14.4. The van der Waals surface area contributed by atoms with Crippen molar-refractivity contribution in [3.05, 3.63) is 65.2 Å². The largest absolute Gasteiger partial charge is 0.573 e. The van der Waals surface area contributed by atoms with Crippen LogP contribution >= 0.6 is 0 Å². The third kappa shape index (κ3) is 4.06. The predicted molar refractivity (Wildman–Crippen MR) is 90.8 cm³/mol. The van der Waals surface area contributed by atoms with E-state index in [1.807, 2.05) is 6.07 Å². The number of nitrogens with one attached hydrogen (secondary N) is 1. The Morgan fingerprint density at radius 1 is 1.18 bits per heavy atom. The number of nitrogens with zero attached hydrogens (tertiary/aromatic N) is 2. The van der Waals surface area contributed by atoms with Gasteiger partial charge in [-0.2, -0.15) is 5.26 Å². The second kappa shape index (κ2) is 7.60. The number of halogens is 3. The lowest BCUT2D eigenvalue weighted by Crippen LogP contribution is -2.39. The molecule has 6 nitrogen and oxygen atoms in total. The minimum atomic E-state index is -4.78. The highest BCUT2D eigenvalue weighted by Gasteiger charge is 2.40. The number of benzene rings is 2. The Bertz CT molecular complexity index is 936. The lowest BCUT2D eigenvalue weighted by atomic mass is 10.0. The third-order valence-corrected chi connectivity index (χ3v) is 4.17. The molecule has 3 rings (SSSR count). The summed E-state index contributed by atoms with van der Waals surface area (Å²) in [6.07, 6.45) is -4.78. The first-order chi connectivity index (χ1) is 13.3. The van der Waals surface area contributed by atoms with Crippen molar-refractivity contribution in [1.82, 2.24) is 10.2 Å². The molecule has 1 heterocycles. The van der Waals surface area contributed by atoms with Crippen LogP contribution in [0.2, 0.25) is 0 Å². The molecule has 0 saturated carbocycles. The molecule has 0 aromatic heterocycles. The summed E-state index contributed by atoms with van der Waals surface area (Å²) in [6, 6.07) is 12.6. The van der Waals surface area contributed by atoms with E-state index in [2.05, 4.69) is 10.1 Å². The summed E-state index contributed by atoms with van der Waals surface area (Å²) < 4.78 is 40.4. The van der Waals surface area contributed by atoms with Crippen LogP contribution in [-0.4, -0.2) is 29.6 Å². The molecule has 28 heavy (non-hydrogen) atoms. The molecule has 1 unspecified atom stereocenters. The first kappa shape index (κ1) is 19.2. The first-order valence-electron chi connectivity index (χ1n) is 8.19. The van der Waals surface area contributed by atoms with Crippen LogP contribution in [0.25, 0.3) is 0 Å². The summed E-state index contributed by atoms with van der Waals surface area (Å²) in [6.45, 7) is -0.201. The van der Waals surface area contributed by atoms with Gasteiger partial charge in [0, 0.05) is 12.1 Å². The Kier molecular flexibility index (Phi) is 5.22. The lowest BCUT2D eigenvalue weighted by molar-refractivity contribution is -0.274. The smallest absolute Gasteiger partial charge is 0.406 e. The van der Waals surface area contributed by atoms with Crippen molar-refractivity contribution in [3.8, 4) is 11.8 Å². The summed E-state index contributed by atoms with van der Waals surface area (Å²) in [5, 5.41) is 11.6. The molecule has 144 valence electrons. The number of ether oxygens (including phenoxy) is 1. The minimum Gasteiger partial charge on any atom is -0.406 e. The van der Waals surface area contributed by atoms with E-state index >= 15 is 0 Å². The van der Waals surface area contributed by atoms with Gasteiger partial charge < -0.3 is 15.0 Å². The maximum Gasteiger partial charge on any atom is 0.573 e. The van der Waals surface area contributed by atoms with Gasteiger partial charge in [-0.3, -0.25) is 9.59 Å². The summed E-state index contributed by atoms with van der Waals surface area (Å²) >= 11 is 0. The molecule has 0 bridgehead atoms. The van der Waals surface area contributed by atoms with Crippen LogP contribution < -0.4 is 10.1 Å². The number of rotatable bonds is 5. The van der Waals surface area contributed by atoms with Gasteiger partial charge >= 0.3 is 6.36 Å². The molecule has 1 atom stereocenters. The Hall–Kier alpha value is -3.54. The Morgan fingerprint density at radius 3 is 2.50 bits per heavy atom. The topological polar surface area (TPSA) is 82.4 Å². The molecule has 2 amide bonds. The van der Waals surface area contributed by atoms with Crippen LogP contribution in [0.5, 0.6) is 5.75 Å². The quantitative estimate of drug-likeness (QED) is 0.798. The number of hydrogen-bond acceptors (Lipinski definition) is 4. The number of amides is 2. The Balaban J connectivity index is 1.70. The van der Waals surface area contributed by atoms with E-state index in [1.54, 1.807) is 24.3 Å². The van der Waals surface area contributed by atoms with Gasteiger partial charge in [-0.05, 0) is 29.3 Å². The van der Waals surface area contributed by atoms with Crippen molar-refractivity contribution in [1.29, 1.82) is 5.26 Å². The molecule has 0 aliphatic carbocycles.